The van der Waals surface area contributed by atoms with Crippen LogP contribution in [0.5, 0.6) is 0 Å². The first-order valence-corrected chi connectivity index (χ1v) is 7.41. The van der Waals surface area contributed by atoms with E-state index < -0.39 is 6.10 Å². The lowest BCUT2D eigenvalue weighted by Crippen LogP contribution is -2.09. The van der Waals surface area contributed by atoms with Gasteiger partial charge >= 0.3 is 0 Å². The van der Waals surface area contributed by atoms with E-state index in [9.17, 15) is 5.11 Å². The SMILES string of the molecule is OC(CCC1CCCCC1)c1ncc(Cl)cc1Cl. The number of pyridine rings is 1. The summed E-state index contributed by atoms with van der Waals surface area (Å²) in [5, 5.41) is 11.1. The Morgan fingerprint density at radius 2 is 2.00 bits per heavy atom. The second-order valence-electron chi connectivity index (χ2n) is 5.12. The molecule has 1 aromatic rings. The average molecular weight is 288 g/mol. The van der Waals surface area contributed by atoms with Crippen LogP contribution in [0.3, 0.4) is 0 Å². The maximum Gasteiger partial charge on any atom is 0.0975 e. The third-order valence-corrected chi connectivity index (χ3v) is 4.23. The minimum atomic E-state index is -0.573. The van der Waals surface area contributed by atoms with E-state index in [1.165, 1.54) is 38.3 Å². The Morgan fingerprint density at radius 1 is 1.28 bits per heavy atom. The maximum absolute atomic E-state index is 10.1. The summed E-state index contributed by atoms with van der Waals surface area (Å²) < 4.78 is 0. The molecule has 0 aromatic carbocycles. The van der Waals surface area contributed by atoms with Gasteiger partial charge in [0.1, 0.15) is 0 Å². The highest BCUT2D eigenvalue weighted by atomic mass is 35.5. The lowest BCUT2D eigenvalue weighted by atomic mass is 9.85. The normalized spacial score (nSPS) is 18.8. The first-order valence-electron chi connectivity index (χ1n) is 6.66. The molecule has 1 unspecified atom stereocenters. The van der Waals surface area contributed by atoms with Crippen LogP contribution in [0.4, 0.5) is 0 Å². The second kappa shape index (κ2) is 6.74. The summed E-state index contributed by atoms with van der Waals surface area (Å²) in [5.74, 6) is 0.763. The number of hydrogen-bond acceptors (Lipinski definition) is 2. The molecule has 1 aliphatic carbocycles. The fourth-order valence-corrected chi connectivity index (χ4v) is 3.18. The van der Waals surface area contributed by atoms with Gasteiger partial charge in [0.15, 0.2) is 0 Å². The van der Waals surface area contributed by atoms with Gasteiger partial charge in [0.05, 0.1) is 21.8 Å². The number of aliphatic hydroxyl groups excluding tert-OH is 1. The Hall–Kier alpha value is -0.310. The van der Waals surface area contributed by atoms with Gasteiger partial charge in [-0.3, -0.25) is 4.98 Å². The predicted octanol–water partition coefficient (Wildman–Crippen LogP) is 4.78. The fraction of sp³-hybridized carbons (Fsp3) is 0.643. The third-order valence-electron chi connectivity index (χ3n) is 3.73. The van der Waals surface area contributed by atoms with Gasteiger partial charge in [-0.25, -0.2) is 0 Å². The molecular formula is C14H19Cl2NO. The summed E-state index contributed by atoms with van der Waals surface area (Å²) in [5.41, 5.74) is 0.553. The fourth-order valence-electron chi connectivity index (χ4n) is 2.68. The number of nitrogens with zero attached hydrogens (tertiary/aromatic N) is 1. The van der Waals surface area contributed by atoms with Gasteiger partial charge in [-0.15, -0.1) is 0 Å². The molecule has 1 aromatic heterocycles. The Labute approximate surface area is 118 Å². The van der Waals surface area contributed by atoms with Gasteiger partial charge in [0, 0.05) is 6.20 Å². The zero-order valence-electron chi connectivity index (χ0n) is 10.4. The molecule has 18 heavy (non-hydrogen) atoms. The van der Waals surface area contributed by atoms with Crippen LogP contribution >= 0.6 is 23.2 Å². The molecule has 0 bridgehead atoms. The van der Waals surface area contributed by atoms with Crippen LogP contribution < -0.4 is 0 Å². The molecule has 0 radical (unpaired) electrons. The highest BCUT2D eigenvalue weighted by Crippen LogP contribution is 2.32. The molecule has 1 atom stereocenters. The smallest absolute Gasteiger partial charge is 0.0975 e. The van der Waals surface area contributed by atoms with E-state index in [4.69, 9.17) is 23.2 Å². The van der Waals surface area contributed by atoms with Crippen molar-refractivity contribution in [1.29, 1.82) is 0 Å². The Bertz CT molecular complexity index is 391. The Balaban J connectivity index is 1.88. The van der Waals surface area contributed by atoms with Crippen molar-refractivity contribution in [3.05, 3.63) is 28.0 Å². The van der Waals surface area contributed by atoms with E-state index in [1.807, 2.05) is 0 Å². The molecule has 0 spiro atoms. The van der Waals surface area contributed by atoms with Crippen molar-refractivity contribution >= 4 is 23.2 Å². The van der Waals surface area contributed by atoms with Crippen molar-refractivity contribution in [3.8, 4) is 0 Å². The zero-order valence-corrected chi connectivity index (χ0v) is 11.9. The summed E-state index contributed by atoms with van der Waals surface area (Å²) in [6, 6.07) is 1.63. The van der Waals surface area contributed by atoms with Crippen LogP contribution in [-0.2, 0) is 0 Å². The molecule has 1 heterocycles. The lowest BCUT2D eigenvalue weighted by molar-refractivity contribution is 0.147. The molecule has 2 nitrogen and oxygen atoms in total. The Kier molecular flexibility index (Phi) is 5.28. The molecule has 2 rings (SSSR count). The predicted molar refractivity (Wildman–Crippen MR) is 75.0 cm³/mol. The van der Waals surface area contributed by atoms with E-state index in [0.717, 1.165) is 18.8 Å². The van der Waals surface area contributed by atoms with E-state index in [-0.39, 0.29) is 0 Å². The zero-order chi connectivity index (χ0) is 13.0. The molecule has 1 saturated carbocycles. The van der Waals surface area contributed by atoms with Crippen molar-refractivity contribution < 1.29 is 5.11 Å². The van der Waals surface area contributed by atoms with E-state index >= 15 is 0 Å². The van der Waals surface area contributed by atoms with Crippen molar-refractivity contribution in [2.75, 3.05) is 0 Å². The largest absolute Gasteiger partial charge is 0.387 e. The standard InChI is InChI=1S/C14H19Cl2NO/c15-11-8-12(16)14(17-9-11)13(18)7-6-10-4-2-1-3-5-10/h8-10,13,18H,1-7H2. The van der Waals surface area contributed by atoms with Gasteiger partial charge in [-0.05, 0) is 24.8 Å². The van der Waals surface area contributed by atoms with E-state index in [2.05, 4.69) is 4.98 Å². The van der Waals surface area contributed by atoms with Crippen molar-refractivity contribution in [2.24, 2.45) is 5.92 Å². The molecule has 100 valence electrons. The molecule has 1 N–H and O–H groups in total. The monoisotopic (exact) mass is 287 g/mol. The van der Waals surface area contributed by atoms with Crippen LogP contribution in [0.2, 0.25) is 10.0 Å². The average Bonchev–Trinajstić information content (AvgIpc) is 2.37. The highest BCUT2D eigenvalue weighted by molar-refractivity contribution is 6.34. The lowest BCUT2D eigenvalue weighted by Gasteiger charge is -2.22. The summed E-state index contributed by atoms with van der Waals surface area (Å²) in [6.45, 7) is 0. The van der Waals surface area contributed by atoms with Crippen LogP contribution in [0, 0.1) is 5.92 Å². The van der Waals surface area contributed by atoms with Crippen LogP contribution in [0.15, 0.2) is 12.3 Å². The molecule has 1 aliphatic rings. The number of hydrogen-bond donors (Lipinski definition) is 1. The molecule has 0 saturated heterocycles. The second-order valence-corrected chi connectivity index (χ2v) is 5.96. The first-order chi connectivity index (χ1) is 8.66. The van der Waals surface area contributed by atoms with Crippen molar-refractivity contribution in [1.82, 2.24) is 4.98 Å². The maximum atomic E-state index is 10.1. The highest BCUT2D eigenvalue weighted by Gasteiger charge is 2.18. The van der Waals surface area contributed by atoms with E-state index in [1.54, 1.807) is 6.07 Å². The first kappa shape index (κ1) is 14.1. The number of aliphatic hydroxyl groups is 1. The van der Waals surface area contributed by atoms with E-state index in [0.29, 0.717) is 15.7 Å². The summed E-state index contributed by atoms with van der Waals surface area (Å²) in [4.78, 5) is 4.13. The van der Waals surface area contributed by atoms with Gasteiger partial charge < -0.3 is 5.11 Å². The van der Waals surface area contributed by atoms with Crippen molar-refractivity contribution in [3.63, 3.8) is 0 Å². The summed E-state index contributed by atoms with van der Waals surface area (Å²) in [6.07, 6.45) is 9.39. The molecular weight excluding hydrogens is 269 g/mol. The number of aromatic nitrogens is 1. The van der Waals surface area contributed by atoms with Gasteiger partial charge in [0.2, 0.25) is 0 Å². The quantitative estimate of drug-likeness (QED) is 0.864. The van der Waals surface area contributed by atoms with Gasteiger partial charge in [-0.2, -0.15) is 0 Å². The van der Waals surface area contributed by atoms with Crippen LogP contribution in [-0.4, -0.2) is 10.1 Å². The minimum absolute atomic E-state index is 0.457. The summed E-state index contributed by atoms with van der Waals surface area (Å²) >= 11 is 11.8. The van der Waals surface area contributed by atoms with Gasteiger partial charge in [0.25, 0.3) is 0 Å². The molecule has 0 amide bonds. The molecule has 4 heteroatoms. The summed E-state index contributed by atoms with van der Waals surface area (Å²) in [7, 11) is 0. The molecule has 0 aliphatic heterocycles. The Morgan fingerprint density at radius 3 is 2.67 bits per heavy atom. The topological polar surface area (TPSA) is 33.1 Å². The van der Waals surface area contributed by atoms with Crippen LogP contribution in [0.25, 0.3) is 0 Å². The van der Waals surface area contributed by atoms with Gasteiger partial charge in [-0.1, -0.05) is 55.3 Å². The third kappa shape index (κ3) is 3.84. The van der Waals surface area contributed by atoms with Crippen LogP contribution in [0.1, 0.15) is 56.7 Å². The minimum Gasteiger partial charge on any atom is -0.387 e. The van der Waals surface area contributed by atoms with Crippen molar-refractivity contribution in [2.45, 2.75) is 51.0 Å². The number of rotatable bonds is 4. The number of halogens is 2. The molecule has 1 fully saturated rings.